The molecule has 1 aromatic rings. The van der Waals surface area contributed by atoms with Gasteiger partial charge in [0.15, 0.2) is 0 Å². The van der Waals surface area contributed by atoms with Gasteiger partial charge in [-0.05, 0) is 24.0 Å². The van der Waals surface area contributed by atoms with Gasteiger partial charge in [0, 0.05) is 11.1 Å². The van der Waals surface area contributed by atoms with Crippen molar-refractivity contribution in [3.05, 3.63) is 39.9 Å². The van der Waals surface area contributed by atoms with Crippen LogP contribution in [0.2, 0.25) is 0 Å². The van der Waals surface area contributed by atoms with Crippen LogP contribution in [0.3, 0.4) is 0 Å². The minimum atomic E-state index is -0.941. The summed E-state index contributed by atoms with van der Waals surface area (Å²) in [6.07, 6.45) is 1.61. The Balaban J connectivity index is 2.19. The van der Waals surface area contributed by atoms with E-state index in [1.807, 2.05) is 38.1 Å². The Hall–Kier alpha value is -2.77. The monoisotopic (exact) mass is 396 g/mol. The van der Waals surface area contributed by atoms with Crippen molar-refractivity contribution in [2.24, 2.45) is 11.3 Å². The third-order valence-corrected chi connectivity index (χ3v) is 5.95. The molecular formula is C21H24N4O2S. The quantitative estimate of drug-likeness (QED) is 0.765. The number of nitriles is 2. The van der Waals surface area contributed by atoms with Gasteiger partial charge < -0.3 is 10.6 Å². The highest BCUT2D eigenvalue weighted by molar-refractivity contribution is 8.03. The molecule has 1 heterocycles. The summed E-state index contributed by atoms with van der Waals surface area (Å²) in [4.78, 5) is 24.8. The van der Waals surface area contributed by atoms with Crippen LogP contribution in [0.15, 0.2) is 28.8 Å². The van der Waals surface area contributed by atoms with Gasteiger partial charge in [0.1, 0.15) is 5.92 Å². The first-order chi connectivity index (χ1) is 13.3. The van der Waals surface area contributed by atoms with Crippen molar-refractivity contribution in [2.45, 2.75) is 40.5 Å². The zero-order valence-corrected chi connectivity index (χ0v) is 17.4. The molecule has 1 aliphatic heterocycles. The van der Waals surface area contributed by atoms with E-state index in [4.69, 9.17) is 0 Å². The Labute approximate surface area is 170 Å². The molecule has 6 nitrogen and oxygen atoms in total. The van der Waals surface area contributed by atoms with E-state index in [-0.39, 0.29) is 11.7 Å². The van der Waals surface area contributed by atoms with Crippen molar-refractivity contribution in [2.75, 3.05) is 11.1 Å². The van der Waals surface area contributed by atoms with Gasteiger partial charge in [0.05, 0.1) is 28.5 Å². The summed E-state index contributed by atoms with van der Waals surface area (Å²) < 4.78 is 0. The molecule has 2 amide bonds. The number of allylic oxidation sites excluding steroid dienone is 1. The van der Waals surface area contributed by atoms with Crippen molar-refractivity contribution in [1.82, 2.24) is 5.32 Å². The molecule has 0 spiro atoms. The Morgan fingerprint density at radius 1 is 1.25 bits per heavy atom. The maximum atomic E-state index is 12.5. The van der Waals surface area contributed by atoms with Crippen LogP contribution in [0.1, 0.15) is 38.8 Å². The number of benzene rings is 1. The smallest absolute Gasteiger partial charge is 0.243 e. The van der Waals surface area contributed by atoms with Gasteiger partial charge in [0.25, 0.3) is 0 Å². The number of nitrogens with zero attached hydrogens (tertiary/aromatic N) is 2. The van der Waals surface area contributed by atoms with Gasteiger partial charge in [-0.1, -0.05) is 57.7 Å². The summed E-state index contributed by atoms with van der Waals surface area (Å²) in [5, 5.41) is 24.8. The molecule has 0 saturated heterocycles. The van der Waals surface area contributed by atoms with Crippen LogP contribution in [0, 0.1) is 34.0 Å². The molecule has 1 aliphatic rings. The molecule has 0 unspecified atom stereocenters. The van der Waals surface area contributed by atoms with Crippen LogP contribution in [-0.2, 0) is 22.4 Å². The van der Waals surface area contributed by atoms with Crippen LogP contribution in [0.5, 0.6) is 0 Å². The third kappa shape index (κ3) is 4.21. The molecule has 0 saturated carbocycles. The topological polar surface area (TPSA) is 106 Å². The standard InChI is InChI=1S/C21H24N4O2S/c1-5-13-8-7-9-14(6-2)18(13)24-17(26)12-28-20-16(11-23)21(3,4)15(10-22)19(27)25-20/h7-9,15H,5-6,12H2,1-4H3,(H,24,26)(H,25,27)/t15-/m0/s1. The zero-order chi connectivity index (χ0) is 20.9. The number of para-hydroxylation sites is 1. The Bertz CT molecular complexity index is 884. The fourth-order valence-corrected chi connectivity index (χ4v) is 4.22. The summed E-state index contributed by atoms with van der Waals surface area (Å²) in [6, 6.07) is 10.0. The van der Waals surface area contributed by atoms with E-state index in [0.717, 1.165) is 41.4 Å². The van der Waals surface area contributed by atoms with Gasteiger partial charge in [-0.2, -0.15) is 10.5 Å². The Morgan fingerprint density at radius 3 is 2.36 bits per heavy atom. The van der Waals surface area contributed by atoms with E-state index in [1.54, 1.807) is 13.8 Å². The maximum absolute atomic E-state index is 12.5. The van der Waals surface area contributed by atoms with Gasteiger partial charge in [-0.25, -0.2) is 0 Å². The molecule has 28 heavy (non-hydrogen) atoms. The number of rotatable bonds is 6. The molecule has 0 radical (unpaired) electrons. The average molecular weight is 397 g/mol. The second kappa shape index (κ2) is 8.95. The van der Waals surface area contributed by atoms with Gasteiger partial charge in [-0.3, -0.25) is 9.59 Å². The fraction of sp³-hybridized carbons (Fsp3) is 0.429. The van der Waals surface area contributed by atoms with Gasteiger partial charge >= 0.3 is 0 Å². The van der Waals surface area contributed by atoms with Crippen molar-refractivity contribution in [3.63, 3.8) is 0 Å². The number of carbonyl (C=O) groups excluding carboxylic acids is 2. The molecule has 0 aromatic heterocycles. The fourth-order valence-electron chi connectivity index (χ4n) is 3.25. The number of nitrogens with one attached hydrogen (secondary N) is 2. The molecule has 0 bridgehead atoms. The van der Waals surface area contributed by atoms with E-state index in [2.05, 4.69) is 16.7 Å². The van der Waals surface area contributed by atoms with Gasteiger partial charge in [-0.15, -0.1) is 0 Å². The van der Waals surface area contributed by atoms with E-state index in [1.165, 1.54) is 0 Å². The normalized spacial score (nSPS) is 18.1. The molecule has 0 aliphatic carbocycles. The first kappa shape index (κ1) is 21.5. The van der Waals surface area contributed by atoms with Gasteiger partial charge in [0.2, 0.25) is 11.8 Å². The average Bonchev–Trinajstić information content (AvgIpc) is 2.66. The summed E-state index contributed by atoms with van der Waals surface area (Å²) in [5.74, 6) is -1.54. The Kier molecular flexibility index (Phi) is 6.88. The third-order valence-electron chi connectivity index (χ3n) is 4.94. The van der Waals surface area contributed by atoms with Crippen molar-refractivity contribution in [1.29, 1.82) is 10.5 Å². The Morgan fingerprint density at radius 2 is 1.86 bits per heavy atom. The van der Waals surface area contributed by atoms with E-state index >= 15 is 0 Å². The van der Waals surface area contributed by atoms with Crippen LogP contribution >= 0.6 is 11.8 Å². The lowest BCUT2D eigenvalue weighted by Gasteiger charge is -2.34. The summed E-state index contributed by atoms with van der Waals surface area (Å²) >= 11 is 1.11. The number of carbonyl (C=O) groups is 2. The number of anilines is 1. The first-order valence-corrected chi connectivity index (χ1v) is 10.2. The maximum Gasteiger partial charge on any atom is 0.243 e. The van der Waals surface area contributed by atoms with E-state index in [0.29, 0.717) is 10.6 Å². The molecule has 1 atom stereocenters. The number of amides is 2. The van der Waals surface area contributed by atoms with E-state index < -0.39 is 17.2 Å². The molecule has 0 fully saturated rings. The van der Waals surface area contributed by atoms with Crippen LogP contribution in [0.4, 0.5) is 5.69 Å². The first-order valence-electron chi connectivity index (χ1n) is 9.18. The van der Waals surface area contributed by atoms with Crippen LogP contribution < -0.4 is 10.6 Å². The summed E-state index contributed by atoms with van der Waals surface area (Å²) in [5.41, 5.74) is 2.39. The second-order valence-corrected chi connectivity index (χ2v) is 8.07. The zero-order valence-electron chi connectivity index (χ0n) is 16.5. The minimum Gasteiger partial charge on any atom is -0.325 e. The van der Waals surface area contributed by atoms with Crippen LogP contribution in [0.25, 0.3) is 0 Å². The molecule has 1 aromatic carbocycles. The summed E-state index contributed by atoms with van der Waals surface area (Å²) in [7, 11) is 0. The predicted octanol–water partition coefficient (Wildman–Crippen LogP) is 3.51. The highest BCUT2D eigenvalue weighted by Gasteiger charge is 2.44. The van der Waals surface area contributed by atoms with E-state index in [9.17, 15) is 20.1 Å². The lowest BCUT2D eigenvalue weighted by Crippen LogP contribution is -2.44. The predicted molar refractivity (Wildman–Crippen MR) is 110 cm³/mol. The molecule has 2 rings (SSSR count). The largest absolute Gasteiger partial charge is 0.325 e. The molecular weight excluding hydrogens is 372 g/mol. The second-order valence-electron chi connectivity index (χ2n) is 7.08. The lowest BCUT2D eigenvalue weighted by molar-refractivity contribution is -0.125. The number of aryl methyl sites for hydroxylation is 2. The van der Waals surface area contributed by atoms with Crippen LogP contribution in [-0.4, -0.2) is 17.6 Å². The van der Waals surface area contributed by atoms with Crippen molar-refractivity contribution < 1.29 is 9.59 Å². The SMILES string of the molecule is CCc1cccc(CC)c1NC(=O)CSC1=C(C#N)C(C)(C)[C@@H](C#N)C(=O)N1. The molecule has 2 N–H and O–H groups in total. The lowest BCUT2D eigenvalue weighted by atomic mass is 9.72. The highest BCUT2D eigenvalue weighted by atomic mass is 32.2. The summed E-state index contributed by atoms with van der Waals surface area (Å²) in [6.45, 7) is 7.47. The molecule has 146 valence electrons. The minimum absolute atomic E-state index is 0.0509. The van der Waals surface area contributed by atoms with Crippen molar-refractivity contribution in [3.8, 4) is 12.1 Å². The number of hydrogen-bond donors (Lipinski definition) is 2. The molecule has 7 heteroatoms. The number of hydrogen-bond acceptors (Lipinski definition) is 5. The number of thioether (sulfide) groups is 1. The highest BCUT2D eigenvalue weighted by Crippen LogP contribution is 2.41. The van der Waals surface area contributed by atoms with Crippen molar-refractivity contribution >= 4 is 29.3 Å².